The summed E-state index contributed by atoms with van der Waals surface area (Å²) < 4.78 is 6.26. The number of halogens is 2. The summed E-state index contributed by atoms with van der Waals surface area (Å²) in [5.74, 6) is 0. The third kappa shape index (κ3) is 2.73. The van der Waals surface area contributed by atoms with Gasteiger partial charge in [0, 0.05) is 40.2 Å². The van der Waals surface area contributed by atoms with E-state index in [1.165, 1.54) is 0 Å². The summed E-state index contributed by atoms with van der Waals surface area (Å²) in [6, 6.07) is 5.51. The van der Waals surface area contributed by atoms with Crippen molar-refractivity contribution >= 4 is 27.5 Å². The lowest BCUT2D eigenvalue weighted by Gasteiger charge is -2.40. The second-order valence-corrected chi connectivity index (χ2v) is 6.07. The van der Waals surface area contributed by atoms with Crippen LogP contribution in [0, 0.1) is 5.41 Å². The molecule has 1 atom stereocenters. The van der Waals surface area contributed by atoms with Gasteiger partial charge in [0.25, 0.3) is 0 Å². The van der Waals surface area contributed by atoms with Crippen LogP contribution < -0.4 is 5.73 Å². The van der Waals surface area contributed by atoms with Crippen molar-refractivity contribution in [1.29, 1.82) is 0 Å². The molecule has 5 heteroatoms. The zero-order chi connectivity index (χ0) is 13.2. The highest BCUT2D eigenvalue weighted by atomic mass is 79.9. The van der Waals surface area contributed by atoms with E-state index in [1.807, 2.05) is 12.1 Å². The molecule has 3 N–H and O–H groups in total. The van der Waals surface area contributed by atoms with Crippen LogP contribution in [0.4, 0.5) is 0 Å². The van der Waals surface area contributed by atoms with E-state index in [0.29, 0.717) is 24.8 Å². The van der Waals surface area contributed by atoms with Crippen LogP contribution in [0.25, 0.3) is 0 Å². The minimum atomic E-state index is -0.656. The number of aliphatic hydroxyl groups is 1. The Bertz CT molecular complexity index is 421. The van der Waals surface area contributed by atoms with E-state index in [9.17, 15) is 5.11 Å². The molecule has 1 aromatic carbocycles. The molecule has 0 spiro atoms. The highest BCUT2D eigenvalue weighted by Crippen LogP contribution is 2.44. The molecule has 1 aromatic rings. The van der Waals surface area contributed by atoms with Gasteiger partial charge in [0.15, 0.2) is 0 Å². The molecule has 3 nitrogen and oxygen atoms in total. The average Bonchev–Trinajstić information content (AvgIpc) is 2.41. The summed E-state index contributed by atoms with van der Waals surface area (Å²) in [6.07, 6.45) is 0.859. The Labute approximate surface area is 120 Å². The molecule has 1 fully saturated rings. The van der Waals surface area contributed by atoms with Gasteiger partial charge in [-0.25, -0.2) is 0 Å². The second kappa shape index (κ2) is 5.88. The van der Waals surface area contributed by atoms with Gasteiger partial charge in [-0.1, -0.05) is 27.5 Å². The van der Waals surface area contributed by atoms with Crippen LogP contribution in [0.15, 0.2) is 22.7 Å². The Morgan fingerprint density at radius 3 is 2.72 bits per heavy atom. The van der Waals surface area contributed by atoms with E-state index in [2.05, 4.69) is 15.9 Å². The van der Waals surface area contributed by atoms with Gasteiger partial charge in [0.1, 0.15) is 0 Å². The van der Waals surface area contributed by atoms with Crippen molar-refractivity contribution in [1.82, 2.24) is 0 Å². The molecule has 1 heterocycles. The molecule has 1 saturated heterocycles. The zero-order valence-electron chi connectivity index (χ0n) is 10.0. The van der Waals surface area contributed by atoms with E-state index in [-0.39, 0.29) is 5.41 Å². The van der Waals surface area contributed by atoms with E-state index < -0.39 is 6.10 Å². The van der Waals surface area contributed by atoms with Crippen LogP contribution in [0.3, 0.4) is 0 Å². The first-order chi connectivity index (χ1) is 8.59. The number of benzene rings is 1. The smallest absolute Gasteiger partial charge is 0.0874 e. The fraction of sp³-hybridized carbons (Fsp3) is 0.538. The minimum absolute atomic E-state index is 0.331. The Morgan fingerprint density at radius 2 is 2.11 bits per heavy atom. The molecule has 0 aromatic heterocycles. The first-order valence-electron chi connectivity index (χ1n) is 6.00. The Hall–Kier alpha value is -0.130. The van der Waals surface area contributed by atoms with E-state index >= 15 is 0 Å². The Morgan fingerprint density at radius 1 is 1.44 bits per heavy atom. The summed E-state index contributed by atoms with van der Waals surface area (Å²) >= 11 is 9.58. The van der Waals surface area contributed by atoms with E-state index in [0.717, 1.165) is 22.9 Å². The molecule has 100 valence electrons. The summed E-state index contributed by atoms with van der Waals surface area (Å²) in [5.41, 5.74) is 6.30. The van der Waals surface area contributed by atoms with Gasteiger partial charge in [0.05, 0.1) is 6.10 Å². The molecule has 0 aliphatic carbocycles. The molecular weight excluding hydrogens is 318 g/mol. The maximum Gasteiger partial charge on any atom is 0.0874 e. The molecule has 1 unspecified atom stereocenters. The fourth-order valence-corrected chi connectivity index (χ4v) is 3.02. The minimum Gasteiger partial charge on any atom is -0.388 e. The van der Waals surface area contributed by atoms with Crippen LogP contribution >= 0.6 is 27.5 Å². The van der Waals surface area contributed by atoms with Crippen molar-refractivity contribution in [3.63, 3.8) is 0 Å². The first-order valence-corrected chi connectivity index (χ1v) is 7.17. The van der Waals surface area contributed by atoms with Crippen LogP contribution in [0.5, 0.6) is 0 Å². The van der Waals surface area contributed by atoms with Crippen LogP contribution in [0.1, 0.15) is 24.5 Å². The summed E-state index contributed by atoms with van der Waals surface area (Å²) in [6.45, 7) is 1.71. The largest absolute Gasteiger partial charge is 0.388 e. The zero-order valence-corrected chi connectivity index (χ0v) is 12.4. The van der Waals surface area contributed by atoms with Crippen molar-refractivity contribution < 1.29 is 9.84 Å². The monoisotopic (exact) mass is 333 g/mol. The maximum absolute atomic E-state index is 10.7. The standard InChI is InChI=1S/C13H17BrClNO2/c14-9-1-2-11(15)10(7-9)12(17)13(8-16)3-5-18-6-4-13/h1-2,7,12,17H,3-6,8,16H2. The van der Waals surface area contributed by atoms with Gasteiger partial charge in [0.2, 0.25) is 0 Å². The number of hydrogen-bond acceptors (Lipinski definition) is 3. The third-order valence-electron chi connectivity index (χ3n) is 3.73. The summed E-state index contributed by atoms with van der Waals surface area (Å²) in [4.78, 5) is 0. The molecule has 0 bridgehead atoms. The van der Waals surface area contributed by atoms with Crippen molar-refractivity contribution in [2.24, 2.45) is 11.1 Å². The number of nitrogens with two attached hydrogens (primary N) is 1. The second-order valence-electron chi connectivity index (χ2n) is 4.75. The summed E-state index contributed by atoms with van der Waals surface area (Å²) in [7, 11) is 0. The Kier molecular flexibility index (Phi) is 4.67. The van der Waals surface area contributed by atoms with Gasteiger partial charge in [-0.05, 0) is 31.0 Å². The highest BCUT2D eigenvalue weighted by molar-refractivity contribution is 9.10. The molecule has 18 heavy (non-hydrogen) atoms. The molecule has 2 rings (SSSR count). The maximum atomic E-state index is 10.7. The van der Waals surface area contributed by atoms with Crippen LogP contribution in [-0.4, -0.2) is 24.9 Å². The lowest BCUT2D eigenvalue weighted by atomic mass is 9.73. The normalized spacial score (nSPS) is 20.7. The quantitative estimate of drug-likeness (QED) is 0.893. The molecule has 0 radical (unpaired) electrons. The predicted molar refractivity (Wildman–Crippen MR) is 75.7 cm³/mol. The lowest BCUT2D eigenvalue weighted by molar-refractivity contribution is -0.0581. The van der Waals surface area contributed by atoms with Gasteiger partial charge >= 0.3 is 0 Å². The van der Waals surface area contributed by atoms with Crippen molar-refractivity contribution in [2.45, 2.75) is 18.9 Å². The van der Waals surface area contributed by atoms with Crippen molar-refractivity contribution in [3.8, 4) is 0 Å². The number of rotatable bonds is 3. The average molecular weight is 335 g/mol. The SMILES string of the molecule is NCC1(C(O)c2cc(Br)ccc2Cl)CCOCC1. The van der Waals surface area contributed by atoms with E-state index in [4.69, 9.17) is 22.1 Å². The molecule has 1 aliphatic heterocycles. The third-order valence-corrected chi connectivity index (χ3v) is 4.57. The number of ether oxygens (including phenoxy) is 1. The number of aliphatic hydroxyl groups excluding tert-OH is 1. The van der Waals surface area contributed by atoms with Crippen LogP contribution in [0.2, 0.25) is 5.02 Å². The summed E-state index contributed by atoms with van der Waals surface area (Å²) in [5, 5.41) is 11.2. The predicted octanol–water partition coefficient (Wildman–Crippen LogP) is 2.89. The van der Waals surface area contributed by atoms with Gasteiger partial charge in [-0.3, -0.25) is 0 Å². The first kappa shape index (κ1) is 14.3. The molecular formula is C13H17BrClNO2. The number of hydrogen-bond donors (Lipinski definition) is 2. The highest BCUT2D eigenvalue weighted by Gasteiger charge is 2.40. The fourth-order valence-electron chi connectivity index (χ4n) is 2.42. The van der Waals surface area contributed by atoms with E-state index in [1.54, 1.807) is 6.07 Å². The van der Waals surface area contributed by atoms with Gasteiger partial charge in [-0.2, -0.15) is 0 Å². The lowest BCUT2D eigenvalue weighted by Crippen LogP contribution is -2.41. The Balaban J connectivity index is 2.33. The van der Waals surface area contributed by atoms with Crippen molar-refractivity contribution in [2.75, 3.05) is 19.8 Å². The molecule has 0 amide bonds. The van der Waals surface area contributed by atoms with Gasteiger partial charge < -0.3 is 15.6 Å². The van der Waals surface area contributed by atoms with Gasteiger partial charge in [-0.15, -0.1) is 0 Å². The molecule has 0 saturated carbocycles. The van der Waals surface area contributed by atoms with Crippen LogP contribution in [-0.2, 0) is 4.74 Å². The van der Waals surface area contributed by atoms with Crippen molar-refractivity contribution in [3.05, 3.63) is 33.3 Å². The topological polar surface area (TPSA) is 55.5 Å². The molecule has 1 aliphatic rings.